The van der Waals surface area contributed by atoms with Crippen LogP contribution in [0.5, 0.6) is 0 Å². The van der Waals surface area contributed by atoms with Gasteiger partial charge in [0.2, 0.25) is 0 Å². The second-order valence-corrected chi connectivity index (χ2v) is 5.87. The van der Waals surface area contributed by atoms with E-state index in [0.717, 1.165) is 37.2 Å². The normalized spacial score (nSPS) is 18.2. The summed E-state index contributed by atoms with van der Waals surface area (Å²) in [5.41, 5.74) is 1.37. The molecule has 1 saturated heterocycles. The molecule has 1 aromatic carbocycles. The number of nitrogens with zero attached hydrogens (tertiary/aromatic N) is 3. The van der Waals surface area contributed by atoms with Crippen molar-refractivity contribution < 1.29 is 9.28 Å². The minimum absolute atomic E-state index is 0.131. The van der Waals surface area contributed by atoms with Gasteiger partial charge in [0.25, 0.3) is 0 Å². The van der Waals surface area contributed by atoms with Crippen LogP contribution >= 0.6 is 0 Å². The molecule has 4 heteroatoms. The van der Waals surface area contributed by atoms with Crippen LogP contribution in [0.4, 0.5) is 4.79 Å². The Kier molecular flexibility index (Phi) is 4.10. The Balaban J connectivity index is 1.93. The summed E-state index contributed by atoms with van der Waals surface area (Å²) in [6.45, 7) is 4.79. The zero-order valence-corrected chi connectivity index (χ0v) is 12.2. The van der Waals surface area contributed by atoms with E-state index >= 15 is 0 Å². The number of piperazine rings is 1. The zero-order chi connectivity index (χ0) is 13.9. The summed E-state index contributed by atoms with van der Waals surface area (Å²) in [6.07, 6.45) is 0. The highest BCUT2D eigenvalue weighted by atomic mass is 16.2. The number of hydrogen-bond acceptors (Lipinski definition) is 1. The minimum atomic E-state index is 0.131. The minimum Gasteiger partial charge on any atom is -0.331 e. The van der Waals surface area contributed by atoms with Crippen molar-refractivity contribution in [3.05, 3.63) is 35.9 Å². The van der Waals surface area contributed by atoms with E-state index in [0.29, 0.717) is 0 Å². The van der Waals surface area contributed by atoms with Crippen LogP contribution in [0.15, 0.2) is 30.3 Å². The summed E-state index contributed by atoms with van der Waals surface area (Å²) in [6, 6.07) is 10.7. The number of hydrogen-bond donors (Lipinski definition) is 0. The maximum absolute atomic E-state index is 11.9. The molecule has 1 heterocycles. The van der Waals surface area contributed by atoms with Crippen molar-refractivity contribution in [3.8, 4) is 0 Å². The second-order valence-electron chi connectivity index (χ2n) is 5.87. The van der Waals surface area contributed by atoms with E-state index in [9.17, 15) is 4.79 Å². The van der Waals surface area contributed by atoms with Gasteiger partial charge in [0.05, 0.1) is 33.2 Å². The predicted molar refractivity (Wildman–Crippen MR) is 76.7 cm³/mol. The smallest absolute Gasteiger partial charge is 0.319 e. The first kappa shape index (κ1) is 13.9. The molecule has 2 amide bonds. The largest absolute Gasteiger partial charge is 0.331 e. The molecule has 0 radical (unpaired) electrons. The number of amides is 2. The van der Waals surface area contributed by atoms with Gasteiger partial charge in [0.15, 0.2) is 0 Å². The highest BCUT2D eigenvalue weighted by molar-refractivity contribution is 5.73. The molecule has 1 aromatic rings. The van der Waals surface area contributed by atoms with Gasteiger partial charge in [-0.25, -0.2) is 4.79 Å². The van der Waals surface area contributed by atoms with E-state index < -0.39 is 0 Å². The third-order valence-corrected chi connectivity index (χ3v) is 3.88. The molecule has 0 aliphatic carbocycles. The first-order valence-electron chi connectivity index (χ1n) is 6.84. The van der Waals surface area contributed by atoms with Gasteiger partial charge in [-0.3, -0.25) is 0 Å². The SMILES string of the molecule is CN(C)C(=O)N1CC[N+](C)(Cc2ccccc2)CC1. The van der Waals surface area contributed by atoms with Crippen molar-refractivity contribution in [2.75, 3.05) is 47.3 Å². The third kappa shape index (κ3) is 3.47. The molecule has 0 saturated carbocycles. The van der Waals surface area contributed by atoms with Gasteiger partial charge in [0.1, 0.15) is 6.54 Å². The Morgan fingerprint density at radius 3 is 2.32 bits per heavy atom. The average molecular weight is 262 g/mol. The molecule has 19 heavy (non-hydrogen) atoms. The van der Waals surface area contributed by atoms with E-state index in [4.69, 9.17) is 0 Å². The highest BCUT2D eigenvalue weighted by Gasteiger charge is 2.31. The Hall–Kier alpha value is -1.55. The third-order valence-electron chi connectivity index (χ3n) is 3.88. The summed E-state index contributed by atoms with van der Waals surface area (Å²) in [5.74, 6) is 0. The summed E-state index contributed by atoms with van der Waals surface area (Å²) in [4.78, 5) is 15.5. The lowest BCUT2D eigenvalue weighted by Gasteiger charge is -2.42. The average Bonchev–Trinajstić information content (AvgIpc) is 2.39. The molecule has 0 aromatic heterocycles. The van der Waals surface area contributed by atoms with Gasteiger partial charge in [0, 0.05) is 19.7 Å². The van der Waals surface area contributed by atoms with Crippen LogP contribution in [0, 0.1) is 0 Å². The van der Waals surface area contributed by atoms with E-state index in [1.165, 1.54) is 5.56 Å². The monoisotopic (exact) mass is 262 g/mol. The van der Waals surface area contributed by atoms with Crippen LogP contribution in [0.2, 0.25) is 0 Å². The van der Waals surface area contributed by atoms with E-state index in [-0.39, 0.29) is 6.03 Å². The topological polar surface area (TPSA) is 23.6 Å². The van der Waals surface area contributed by atoms with Gasteiger partial charge in [-0.2, -0.15) is 0 Å². The lowest BCUT2D eigenvalue weighted by molar-refractivity contribution is -0.926. The zero-order valence-electron chi connectivity index (χ0n) is 12.2. The van der Waals surface area contributed by atoms with Crippen LogP contribution in [0.1, 0.15) is 5.56 Å². The summed E-state index contributed by atoms with van der Waals surface area (Å²) in [7, 11) is 5.91. The van der Waals surface area contributed by atoms with Crippen LogP contribution in [0.25, 0.3) is 0 Å². The number of rotatable bonds is 2. The van der Waals surface area contributed by atoms with Gasteiger partial charge >= 0.3 is 6.03 Å². The van der Waals surface area contributed by atoms with E-state index in [1.807, 2.05) is 19.0 Å². The Labute approximate surface area is 115 Å². The van der Waals surface area contributed by atoms with Crippen LogP contribution in [-0.2, 0) is 6.54 Å². The fourth-order valence-electron chi connectivity index (χ4n) is 2.60. The van der Waals surface area contributed by atoms with Crippen LogP contribution < -0.4 is 0 Å². The number of likely N-dealkylation sites (N-methyl/N-ethyl adjacent to an activating group) is 1. The van der Waals surface area contributed by atoms with Gasteiger partial charge in [-0.05, 0) is 0 Å². The summed E-state index contributed by atoms with van der Waals surface area (Å²) in [5, 5.41) is 0. The Morgan fingerprint density at radius 2 is 1.79 bits per heavy atom. The van der Waals surface area contributed by atoms with Crippen molar-refractivity contribution in [3.63, 3.8) is 0 Å². The first-order chi connectivity index (χ1) is 9.00. The fraction of sp³-hybridized carbons (Fsp3) is 0.533. The Bertz CT molecular complexity index is 422. The summed E-state index contributed by atoms with van der Waals surface area (Å²) >= 11 is 0. The Morgan fingerprint density at radius 1 is 1.21 bits per heavy atom. The molecule has 104 valence electrons. The lowest BCUT2D eigenvalue weighted by Crippen LogP contribution is -2.59. The van der Waals surface area contributed by atoms with Crippen LogP contribution in [0.3, 0.4) is 0 Å². The van der Waals surface area contributed by atoms with Crippen molar-refractivity contribution in [1.82, 2.24) is 9.80 Å². The molecule has 1 aliphatic rings. The number of benzene rings is 1. The molecule has 0 spiro atoms. The number of quaternary nitrogens is 1. The number of carbonyl (C=O) groups is 1. The fourth-order valence-corrected chi connectivity index (χ4v) is 2.60. The maximum Gasteiger partial charge on any atom is 0.319 e. The van der Waals surface area contributed by atoms with Gasteiger partial charge in [-0.1, -0.05) is 30.3 Å². The van der Waals surface area contributed by atoms with Gasteiger partial charge < -0.3 is 14.3 Å². The number of urea groups is 1. The van der Waals surface area contributed by atoms with Crippen molar-refractivity contribution in [1.29, 1.82) is 0 Å². The van der Waals surface area contributed by atoms with E-state index in [1.54, 1.807) is 4.90 Å². The molecular weight excluding hydrogens is 238 g/mol. The van der Waals surface area contributed by atoms with E-state index in [2.05, 4.69) is 37.4 Å². The molecule has 0 unspecified atom stereocenters. The predicted octanol–water partition coefficient (Wildman–Crippen LogP) is 1.63. The van der Waals surface area contributed by atoms with Crippen molar-refractivity contribution in [2.24, 2.45) is 0 Å². The van der Waals surface area contributed by atoms with Crippen LogP contribution in [-0.4, -0.2) is 67.6 Å². The molecule has 1 fully saturated rings. The van der Waals surface area contributed by atoms with Crippen molar-refractivity contribution in [2.45, 2.75) is 6.54 Å². The second kappa shape index (κ2) is 5.61. The maximum atomic E-state index is 11.9. The van der Waals surface area contributed by atoms with Gasteiger partial charge in [-0.15, -0.1) is 0 Å². The molecule has 1 aliphatic heterocycles. The first-order valence-corrected chi connectivity index (χ1v) is 6.84. The lowest BCUT2D eigenvalue weighted by atomic mass is 10.1. The van der Waals surface area contributed by atoms with Crippen molar-refractivity contribution >= 4 is 6.03 Å². The molecular formula is C15H24N3O+. The highest BCUT2D eigenvalue weighted by Crippen LogP contribution is 2.16. The molecule has 0 N–H and O–H groups in total. The summed E-state index contributed by atoms with van der Waals surface area (Å²) < 4.78 is 1.02. The number of carbonyl (C=O) groups excluding carboxylic acids is 1. The molecule has 0 bridgehead atoms. The molecule has 0 atom stereocenters. The standard InChI is InChI=1S/C15H24N3O/c1-16(2)15(19)17-9-11-18(3,12-10-17)13-14-7-5-4-6-8-14/h4-8H,9-13H2,1-3H3/q+1. The quantitative estimate of drug-likeness (QED) is 0.743. The molecule has 2 rings (SSSR count). The molecule has 4 nitrogen and oxygen atoms in total.